The van der Waals surface area contributed by atoms with Gasteiger partial charge in [-0.25, -0.2) is 0 Å². The molecule has 0 amide bonds. The molecule has 1 heterocycles. The first-order valence-electron chi connectivity index (χ1n) is 5.73. The van der Waals surface area contributed by atoms with E-state index in [1.165, 1.54) is 11.8 Å². The minimum absolute atomic E-state index is 0.168. The second kappa shape index (κ2) is 4.21. The van der Waals surface area contributed by atoms with E-state index in [0.717, 1.165) is 11.3 Å². The van der Waals surface area contributed by atoms with Gasteiger partial charge in [-0.05, 0) is 23.1 Å². The monoisotopic (exact) mass is 227 g/mol. The first-order valence-corrected chi connectivity index (χ1v) is 5.73. The van der Waals surface area contributed by atoms with Gasteiger partial charge in [-0.15, -0.1) is 0 Å². The number of pyridine rings is 1. The van der Waals surface area contributed by atoms with Gasteiger partial charge in [0.1, 0.15) is 5.75 Å². The number of aromatic nitrogens is 1. The van der Waals surface area contributed by atoms with Crippen LogP contribution in [-0.4, -0.2) is 10.1 Å². The Kier molecular flexibility index (Phi) is 2.88. The molecule has 0 radical (unpaired) electrons. The fraction of sp³-hybridized carbons (Fsp3) is 0.267. The highest BCUT2D eigenvalue weighted by Gasteiger charge is 2.13. The van der Waals surface area contributed by atoms with Crippen molar-refractivity contribution in [2.24, 2.45) is 0 Å². The van der Waals surface area contributed by atoms with Crippen molar-refractivity contribution in [3.8, 4) is 17.0 Å². The van der Waals surface area contributed by atoms with Crippen LogP contribution in [0.2, 0.25) is 0 Å². The highest BCUT2D eigenvalue weighted by molar-refractivity contribution is 5.60. The van der Waals surface area contributed by atoms with E-state index >= 15 is 0 Å². The number of hydrogen-bond acceptors (Lipinski definition) is 2. The molecule has 2 nitrogen and oxygen atoms in total. The van der Waals surface area contributed by atoms with Crippen molar-refractivity contribution in [1.29, 1.82) is 0 Å². The molecule has 2 heteroatoms. The maximum absolute atomic E-state index is 9.19. The van der Waals surface area contributed by atoms with Crippen molar-refractivity contribution < 1.29 is 5.11 Å². The number of hydrogen-bond donors (Lipinski definition) is 1. The van der Waals surface area contributed by atoms with Crippen LogP contribution in [0.25, 0.3) is 11.3 Å². The normalized spacial score (nSPS) is 11.5. The molecule has 0 fully saturated rings. The fourth-order valence-corrected chi connectivity index (χ4v) is 1.70. The third-order valence-corrected chi connectivity index (χ3v) is 2.79. The summed E-state index contributed by atoms with van der Waals surface area (Å²) in [6.07, 6.45) is 1.47. The Labute approximate surface area is 102 Å². The SMILES string of the molecule is CC(C)(C)c1ccc(-c2ccc(O)cn2)cc1. The second-order valence-corrected chi connectivity index (χ2v) is 5.23. The zero-order valence-corrected chi connectivity index (χ0v) is 10.4. The summed E-state index contributed by atoms with van der Waals surface area (Å²) in [5.41, 5.74) is 3.42. The molecule has 0 aliphatic heterocycles. The summed E-state index contributed by atoms with van der Waals surface area (Å²) < 4.78 is 0. The number of benzene rings is 1. The van der Waals surface area contributed by atoms with Crippen molar-refractivity contribution in [3.05, 3.63) is 48.2 Å². The van der Waals surface area contributed by atoms with Gasteiger partial charge in [0.25, 0.3) is 0 Å². The summed E-state index contributed by atoms with van der Waals surface area (Å²) >= 11 is 0. The van der Waals surface area contributed by atoms with E-state index in [4.69, 9.17) is 0 Å². The first-order chi connectivity index (χ1) is 7.97. The van der Waals surface area contributed by atoms with E-state index in [9.17, 15) is 5.11 Å². The maximum Gasteiger partial charge on any atom is 0.133 e. The van der Waals surface area contributed by atoms with E-state index in [2.05, 4.69) is 50.0 Å². The molecule has 0 saturated heterocycles. The molecule has 0 aliphatic rings. The molecule has 0 bridgehead atoms. The summed E-state index contributed by atoms with van der Waals surface area (Å²) in [4.78, 5) is 4.19. The molecule has 1 aromatic heterocycles. The summed E-state index contributed by atoms with van der Waals surface area (Å²) in [5.74, 6) is 0.195. The average molecular weight is 227 g/mol. The lowest BCUT2D eigenvalue weighted by molar-refractivity contribution is 0.473. The molecule has 2 rings (SSSR count). The molecule has 17 heavy (non-hydrogen) atoms. The van der Waals surface area contributed by atoms with Crippen LogP contribution in [0.3, 0.4) is 0 Å². The van der Waals surface area contributed by atoms with Crippen LogP contribution in [-0.2, 0) is 5.41 Å². The van der Waals surface area contributed by atoms with Gasteiger partial charge in [0.2, 0.25) is 0 Å². The van der Waals surface area contributed by atoms with Crippen molar-refractivity contribution in [2.45, 2.75) is 26.2 Å². The van der Waals surface area contributed by atoms with E-state index in [0.29, 0.717) is 0 Å². The Morgan fingerprint density at radius 1 is 0.941 bits per heavy atom. The van der Waals surface area contributed by atoms with Gasteiger partial charge in [0.05, 0.1) is 11.9 Å². The van der Waals surface area contributed by atoms with Crippen molar-refractivity contribution >= 4 is 0 Å². The zero-order chi connectivity index (χ0) is 12.5. The van der Waals surface area contributed by atoms with Crippen LogP contribution in [0, 0.1) is 0 Å². The van der Waals surface area contributed by atoms with Crippen molar-refractivity contribution in [2.75, 3.05) is 0 Å². The van der Waals surface area contributed by atoms with Crippen LogP contribution in [0.1, 0.15) is 26.3 Å². The van der Waals surface area contributed by atoms with Crippen molar-refractivity contribution in [3.63, 3.8) is 0 Å². The Morgan fingerprint density at radius 3 is 2.06 bits per heavy atom. The third-order valence-electron chi connectivity index (χ3n) is 2.79. The first kappa shape index (κ1) is 11.6. The van der Waals surface area contributed by atoms with Gasteiger partial charge < -0.3 is 5.11 Å². The van der Waals surface area contributed by atoms with Gasteiger partial charge in [0.15, 0.2) is 0 Å². The van der Waals surface area contributed by atoms with E-state index < -0.39 is 0 Å². The molecule has 88 valence electrons. The third kappa shape index (κ3) is 2.64. The maximum atomic E-state index is 9.19. The average Bonchev–Trinajstić information content (AvgIpc) is 2.29. The summed E-state index contributed by atoms with van der Waals surface area (Å²) in [6.45, 7) is 6.59. The highest BCUT2D eigenvalue weighted by Crippen LogP contribution is 2.25. The molecule has 0 aliphatic carbocycles. The Balaban J connectivity index is 2.33. The topological polar surface area (TPSA) is 33.1 Å². The highest BCUT2D eigenvalue weighted by atomic mass is 16.3. The predicted molar refractivity (Wildman–Crippen MR) is 70.0 cm³/mol. The molecule has 0 atom stereocenters. The molecule has 1 aromatic carbocycles. The summed E-state index contributed by atoms with van der Waals surface area (Å²) in [5, 5.41) is 9.19. The molecule has 0 saturated carbocycles. The quantitative estimate of drug-likeness (QED) is 0.804. The van der Waals surface area contributed by atoms with Crippen LogP contribution < -0.4 is 0 Å². The minimum Gasteiger partial charge on any atom is -0.506 e. The number of aromatic hydroxyl groups is 1. The molecular formula is C15H17NO. The van der Waals surface area contributed by atoms with Gasteiger partial charge >= 0.3 is 0 Å². The fourth-order valence-electron chi connectivity index (χ4n) is 1.70. The van der Waals surface area contributed by atoms with Crippen molar-refractivity contribution in [1.82, 2.24) is 4.98 Å². The van der Waals surface area contributed by atoms with E-state index in [1.807, 2.05) is 6.07 Å². The minimum atomic E-state index is 0.168. The van der Waals surface area contributed by atoms with Gasteiger partial charge in [-0.3, -0.25) is 4.98 Å². The number of rotatable bonds is 1. The molecule has 0 spiro atoms. The molecular weight excluding hydrogens is 210 g/mol. The van der Waals surface area contributed by atoms with Gasteiger partial charge in [-0.1, -0.05) is 45.0 Å². The van der Waals surface area contributed by atoms with E-state index in [1.54, 1.807) is 6.07 Å². The lowest BCUT2D eigenvalue weighted by atomic mass is 9.86. The summed E-state index contributed by atoms with van der Waals surface area (Å²) in [7, 11) is 0. The Morgan fingerprint density at radius 2 is 1.59 bits per heavy atom. The lowest BCUT2D eigenvalue weighted by Crippen LogP contribution is -2.10. The standard InChI is InChI=1S/C15H17NO/c1-15(2,3)12-6-4-11(5-7-12)14-9-8-13(17)10-16-14/h4-10,17H,1-3H3. The molecule has 0 unspecified atom stereocenters. The van der Waals surface area contributed by atoms with Crippen LogP contribution in [0.5, 0.6) is 5.75 Å². The molecule has 2 aromatic rings. The van der Waals surface area contributed by atoms with E-state index in [-0.39, 0.29) is 11.2 Å². The van der Waals surface area contributed by atoms with Crippen LogP contribution in [0.4, 0.5) is 0 Å². The second-order valence-electron chi connectivity index (χ2n) is 5.23. The van der Waals surface area contributed by atoms with Crippen LogP contribution in [0.15, 0.2) is 42.6 Å². The smallest absolute Gasteiger partial charge is 0.133 e. The predicted octanol–water partition coefficient (Wildman–Crippen LogP) is 3.75. The summed E-state index contributed by atoms with van der Waals surface area (Å²) in [6, 6.07) is 11.9. The van der Waals surface area contributed by atoms with Crippen LogP contribution >= 0.6 is 0 Å². The Bertz CT molecular complexity index is 492. The Hall–Kier alpha value is -1.83. The largest absolute Gasteiger partial charge is 0.506 e. The van der Waals surface area contributed by atoms with Gasteiger partial charge in [0, 0.05) is 5.56 Å². The van der Waals surface area contributed by atoms with Gasteiger partial charge in [-0.2, -0.15) is 0 Å². The lowest BCUT2D eigenvalue weighted by Gasteiger charge is -2.19. The number of nitrogens with zero attached hydrogens (tertiary/aromatic N) is 1. The zero-order valence-electron chi connectivity index (χ0n) is 10.4. The molecule has 1 N–H and O–H groups in total.